The van der Waals surface area contributed by atoms with Crippen molar-refractivity contribution in [1.82, 2.24) is 5.32 Å². The lowest BCUT2D eigenvalue weighted by atomic mass is 9.84. The largest absolute Gasteiger partial charge is 0.366 e. The Labute approximate surface area is 124 Å². The molecule has 0 bridgehead atoms. The molecule has 2 atom stereocenters. The van der Waals surface area contributed by atoms with Gasteiger partial charge in [0.15, 0.2) is 0 Å². The minimum Gasteiger partial charge on any atom is -0.366 e. The number of benzene rings is 1. The Bertz CT molecular complexity index is 433. The normalized spacial score (nSPS) is 23.9. The fraction of sp³-hybridized carbons (Fsp3) is 0.667. The van der Waals surface area contributed by atoms with Crippen molar-refractivity contribution in [1.29, 1.82) is 0 Å². The number of hydrogen-bond donors (Lipinski definition) is 1. The van der Waals surface area contributed by atoms with E-state index in [9.17, 15) is 0 Å². The van der Waals surface area contributed by atoms with Gasteiger partial charge in [0.25, 0.3) is 0 Å². The van der Waals surface area contributed by atoms with E-state index in [4.69, 9.17) is 0 Å². The quantitative estimate of drug-likeness (QED) is 0.900. The third kappa shape index (κ3) is 3.35. The van der Waals surface area contributed by atoms with Crippen LogP contribution in [0.5, 0.6) is 0 Å². The molecule has 1 heterocycles. The topological polar surface area (TPSA) is 15.3 Å². The maximum absolute atomic E-state index is 3.72. The fourth-order valence-electron chi connectivity index (χ4n) is 3.05. The van der Waals surface area contributed by atoms with E-state index < -0.39 is 0 Å². The second-order valence-electron chi connectivity index (χ2n) is 7.21. The molecule has 2 nitrogen and oxygen atoms in total. The van der Waals surface area contributed by atoms with Crippen molar-refractivity contribution in [3.63, 3.8) is 0 Å². The van der Waals surface area contributed by atoms with Crippen molar-refractivity contribution in [2.45, 2.75) is 59.5 Å². The molecule has 1 aromatic carbocycles. The van der Waals surface area contributed by atoms with Gasteiger partial charge >= 0.3 is 0 Å². The van der Waals surface area contributed by atoms with E-state index in [-0.39, 0.29) is 0 Å². The highest BCUT2D eigenvalue weighted by Crippen LogP contribution is 2.29. The minimum absolute atomic E-state index is 0.304. The molecule has 0 spiro atoms. The third-order valence-corrected chi connectivity index (χ3v) is 4.44. The molecule has 0 amide bonds. The van der Waals surface area contributed by atoms with Gasteiger partial charge in [0.1, 0.15) is 0 Å². The number of hydrogen-bond acceptors (Lipinski definition) is 2. The van der Waals surface area contributed by atoms with E-state index >= 15 is 0 Å². The molecule has 1 fully saturated rings. The smallest absolute Gasteiger partial charge is 0.0402 e. The molecule has 0 saturated carbocycles. The number of para-hydroxylation sites is 1. The van der Waals surface area contributed by atoms with Crippen LogP contribution in [0.4, 0.5) is 5.69 Å². The number of rotatable bonds is 3. The third-order valence-electron chi connectivity index (χ3n) is 4.44. The van der Waals surface area contributed by atoms with Gasteiger partial charge in [-0.15, -0.1) is 0 Å². The first-order valence-corrected chi connectivity index (χ1v) is 8.01. The van der Waals surface area contributed by atoms with Crippen molar-refractivity contribution in [2.24, 2.45) is 5.41 Å². The van der Waals surface area contributed by atoms with Crippen LogP contribution in [0, 0.1) is 5.41 Å². The van der Waals surface area contributed by atoms with Crippen LogP contribution < -0.4 is 10.2 Å². The van der Waals surface area contributed by atoms with Gasteiger partial charge in [-0.1, -0.05) is 52.3 Å². The highest BCUT2D eigenvalue weighted by atomic mass is 15.2. The van der Waals surface area contributed by atoms with E-state index in [0.717, 1.165) is 13.1 Å². The summed E-state index contributed by atoms with van der Waals surface area (Å²) in [4.78, 5) is 2.61. The lowest BCUT2D eigenvalue weighted by Crippen LogP contribution is -2.59. The van der Waals surface area contributed by atoms with Gasteiger partial charge < -0.3 is 10.2 Å². The highest BCUT2D eigenvalue weighted by Gasteiger charge is 2.32. The van der Waals surface area contributed by atoms with Crippen molar-refractivity contribution in [3.05, 3.63) is 29.8 Å². The van der Waals surface area contributed by atoms with Crippen LogP contribution >= 0.6 is 0 Å². The summed E-state index contributed by atoms with van der Waals surface area (Å²) in [7, 11) is 0. The zero-order valence-corrected chi connectivity index (χ0v) is 13.7. The highest BCUT2D eigenvalue weighted by molar-refractivity contribution is 5.55. The Morgan fingerprint density at radius 3 is 2.60 bits per heavy atom. The van der Waals surface area contributed by atoms with Gasteiger partial charge in [-0.3, -0.25) is 0 Å². The van der Waals surface area contributed by atoms with E-state index in [1.165, 1.54) is 24.1 Å². The molecule has 0 aromatic heterocycles. The van der Waals surface area contributed by atoms with Gasteiger partial charge in [0.2, 0.25) is 0 Å². The lowest BCUT2D eigenvalue weighted by Gasteiger charge is -2.45. The predicted molar refractivity (Wildman–Crippen MR) is 88.5 cm³/mol. The Morgan fingerprint density at radius 2 is 1.95 bits per heavy atom. The van der Waals surface area contributed by atoms with Gasteiger partial charge in [-0.25, -0.2) is 0 Å². The average Bonchev–Trinajstić information content (AvgIpc) is 2.39. The summed E-state index contributed by atoms with van der Waals surface area (Å²) in [6.45, 7) is 13.8. The Hall–Kier alpha value is -1.02. The summed E-state index contributed by atoms with van der Waals surface area (Å²) in [5, 5.41) is 3.72. The summed E-state index contributed by atoms with van der Waals surface area (Å²) in [6.07, 6.45) is 2.38. The zero-order valence-electron chi connectivity index (χ0n) is 13.7. The standard InChI is InChI=1S/C18H30N2/c1-6-9-15-10-7-8-11-16(15)20-13-17(18(3,4)5)19-12-14(20)2/h7-8,10-11,14,17,19H,6,9,12-13H2,1-5H3. The van der Waals surface area contributed by atoms with Crippen molar-refractivity contribution >= 4 is 5.69 Å². The molecule has 0 radical (unpaired) electrons. The number of nitrogens with zero attached hydrogens (tertiary/aromatic N) is 1. The molecule has 2 heteroatoms. The SMILES string of the molecule is CCCc1ccccc1N1CC(C(C)(C)C)NCC1C. The molecule has 1 aliphatic rings. The van der Waals surface area contributed by atoms with Crippen LogP contribution in [0.2, 0.25) is 0 Å². The maximum Gasteiger partial charge on any atom is 0.0402 e. The van der Waals surface area contributed by atoms with Crippen LogP contribution in [0.25, 0.3) is 0 Å². The maximum atomic E-state index is 3.72. The Balaban J connectivity index is 2.25. The van der Waals surface area contributed by atoms with Crippen LogP contribution in [-0.2, 0) is 6.42 Å². The van der Waals surface area contributed by atoms with Crippen molar-refractivity contribution in [3.8, 4) is 0 Å². The molecule has 112 valence electrons. The summed E-state index contributed by atoms with van der Waals surface area (Å²) in [6, 6.07) is 10.0. The summed E-state index contributed by atoms with van der Waals surface area (Å²) in [5.41, 5.74) is 3.24. The van der Waals surface area contributed by atoms with Crippen LogP contribution in [-0.4, -0.2) is 25.2 Å². The second-order valence-corrected chi connectivity index (χ2v) is 7.21. The molecule has 1 aromatic rings. The summed E-state index contributed by atoms with van der Waals surface area (Å²) in [5.74, 6) is 0. The van der Waals surface area contributed by atoms with Crippen LogP contribution in [0.15, 0.2) is 24.3 Å². The van der Waals surface area contributed by atoms with Gasteiger partial charge in [-0.05, 0) is 30.4 Å². The first kappa shape index (κ1) is 15.4. The van der Waals surface area contributed by atoms with Crippen LogP contribution in [0.3, 0.4) is 0 Å². The first-order chi connectivity index (χ1) is 9.43. The molecule has 2 unspecified atom stereocenters. The summed E-state index contributed by atoms with van der Waals surface area (Å²) >= 11 is 0. The molecule has 1 saturated heterocycles. The Morgan fingerprint density at radius 1 is 1.25 bits per heavy atom. The van der Waals surface area contributed by atoms with Crippen molar-refractivity contribution < 1.29 is 0 Å². The molecule has 1 aliphatic heterocycles. The van der Waals surface area contributed by atoms with E-state index in [2.05, 4.69) is 69.1 Å². The van der Waals surface area contributed by atoms with Crippen LogP contribution in [0.1, 0.15) is 46.6 Å². The molecular weight excluding hydrogens is 244 g/mol. The molecule has 20 heavy (non-hydrogen) atoms. The predicted octanol–water partition coefficient (Wildman–Crippen LogP) is 3.85. The number of piperazine rings is 1. The zero-order chi connectivity index (χ0) is 14.8. The molecule has 0 aliphatic carbocycles. The van der Waals surface area contributed by atoms with E-state index in [0.29, 0.717) is 17.5 Å². The van der Waals surface area contributed by atoms with E-state index in [1.54, 1.807) is 0 Å². The molecular formula is C18H30N2. The second kappa shape index (κ2) is 6.17. The van der Waals surface area contributed by atoms with Gasteiger partial charge in [-0.2, -0.15) is 0 Å². The number of nitrogens with one attached hydrogen (secondary N) is 1. The first-order valence-electron chi connectivity index (χ1n) is 8.01. The fourth-order valence-corrected chi connectivity index (χ4v) is 3.05. The van der Waals surface area contributed by atoms with Gasteiger partial charge in [0.05, 0.1) is 0 Å². The molecule has 2 rings (SSSR count). The van der Waals surface area contributed by atoms with E-state index in [1.807, 2.05) is 0 Å². The average molecular weight is 274 g/mol. The van der Waals surface area contributed by atoms with Gasteiger partial charge in [0, 0.05) is 30.9 Å². The molecule has 1 N–H and O–H groups in total. The monoisotopic (exact) mass is 274 g/mol. The minimum atomic E-state index is 0.304. The lowest BCUT2D eigenvalue weighted by molar-refractivity contribution is 0.238. The van der Waals surface area contributed by atoms with Crippen molar-refractivity contribution in [2.75, 3.05) is 18.0 Å². The number of anilines is 1. The Kier molecular flexibility index (Phi) is 4.74. The summed E-state index contributed by atoms with van der Waals surface area (Å²) < 4.78 is 0. The number of aryl methyl sites for hydroxylation is 1.